The number of benzene rings is 1. The molecule has 3 rings (SSSR count). The van der Waals surface area contributed by atoms with Gasteiger partial charge in [0.25, 0.3) is 0 Å². The summed E-state index contributed by atoms with van der Waals surface area (Å²) in [4.78, 5) is 19.0. The molecule has 2 atom stereocenters. The molecule has 0 unspecified atom stereocenters. The standard InChI is InChI=1S/C14H13ClFN3O2/c1-21-14(20)10-5-9-13(18-6-17-9)12(19-10)7-3-2-4-8(15)11(7)16/h2-4,6,10,12,19H,5H2,1H3,(H,17,18)/t10-,12+/m0/s1. The van der Waals surface area contributed by atoms with E-state index in [0.29, 0.717) is 17.7 Å². The lowest BCUT2D eigenvalue weighted by atomic mass is 9.93. The van der Waals surface area contributed by atoms with Crippen molar-refractivity contribution < 1.29 is 13.9 Å². The molecule has 110 valence electrons. The fraction of sp³-hybridized carbons (Fsp3) is 0.286. The molecule has 0 saturated heterocycles. The molecule has 1 aliphatic rings. The lowest BCUT2D eigenvalue weighted by molar-refractivity contribution is -0.143. The van der Waals surface area contributed by atoms with E-state index in [1.165, 1.54) is 19.5 Å². The Labute approximate surface area is 125 Å². The number of nitrogens with zero attached hydrogens (tertiary/aromatic N) is 1. The van der Waals surface area contributed by atoms with E-state index in [9.17, 15) is 9.18 Å². The van der Waals surface area contributed by atoms with Crippen molar-refractivity contribution in [2.75, 3.05) is 7.11 Å². The molecule has 7 heteroatoms. The minimum atomic E-state index is -0.564. The predicted molar refractivity (Wildman–Crippen MR) is 74.5 cm³/mol. The molecule has 2 N–H and O–H groups in total. The van der Waals surface area contributed by atoms with Gasteiger partial charge in [-0.2, -0.15) is 0 Å². The Kier molecular flexibility index (Phi) is 3.65. The number of nitrogens with one attached hydrogen (secondary N) is 2. The number of methoxy groups -OCH3 is 1. The smallest absolute Gasteiger partial charge is 0.323 e. The van der Waals surface area contributed by atoms with E-state index in [0.717, 1.165) is 5.69 Å². The molecule has 0 saturated carbocycles. The number of halogens is 2. The SMILES string of the molecule is COC(=O)[C@@H]1Cc2[nH]cnc2[C@@H](c2cccc(Cl)c2F)N1. The zero-order valence-electron chi connectivity index (χ0n) is 11.2. The molecule has 1 aromatic heterocycles. The second-order valence-electron chi connectivity index (χ2n) is 4.79. The van der Waals surface area contributed by atoms with E-state index in [1.54, 1.807) is 12.1 Å². The third-order valence-electron chi connectivity index (χ3n) is 3.58. The van der Waals surface area contributed by atoms with Crippen LogP contribution in [0.3, 0.4) is 0 Å². The molecule has 0 spiro atoms. The Morgan fingerprint density at radius 2 is 2.33 bits per heavy atom. The number of hydrogen-bond donors (Lipinski definition) is 2. The number of fused-ring (bicyclic) bond motifs is 1. The first kappa shape index (κ1) is 14.0. The first-order valence-electron chi connectivity index (χ1n) is 6.41. The van der Waals surface area contributed by atoms with Crippen LogP contribution in [-0.4, -0.2) is 29.1 Å². The van der Waals surface area contributed by atoms with Gasteiger partial charge in [0.1, 0.15) is 11.9 Å². The van der Waals surface area contributed by atoms with Gasteiger partial charge in [0.05, 0.1) is 30.2 Å². The molecule has 5 nitrogen and oxygen atoms in total. The topological polar surface area (TPSA) is 67.0 Å². The quantitative estimate of drug-likeness (QED) is 0.833. The molecular formula is C14H13ClFN3O2. The number of esters is 1. The fourth-order valence-corrected chi connectivity index (χ4v) is 2.74. The van der Waals surface area contributed by atoms with Crippen molar-refractivity contribution in [1.29, 1.82) is 0 Å². The van der Waals surface area contributed by atoms with Gasteiger partial charge in [0.15, 0.2) is 0 Å². The summed E-state index contributed by atoms with van der Waals surface area (Å²) in [5, 5.41) is 3.11. The lowest BCUT2D eigenvalue weighted by Gasteiger charge is -2.29. The summed E-state index contributed by atoms with van der Waals surface area (Å²) in [6.45, 7) is 0. The van der Waals surface area contributed by atoms with E-state index < -0.39 is 23.9 Å². The number of carbonyl (C=O) groups is 1. The lowest BCUT2D eigenvalue weighted by Crippen LogP contribution is -2.46. The third kappa shape index (κ3) is 2.41. The maximum absolute atomic E-state index is 14.3. The number of imidazole rings is 1. The Balaban J connectivity index is 2.05. The van der Waals surface area contributed by atoms with Crippen LogP contribution in [0.15, 0.2) is 24.5 Å². The maximum Gasteiger partial charge on any atom is 0.323 e. The van der Waals surface area contributed by atoms with Crippen LogP contribution >= 0.6 is 11.6 Å². The molecule has 2 heterocycles. The summed E-state index contributed by atoms with van der Waals surface area (Å²) < 4.78 is 19.0. The van der Waals surface area contributed by atoms with Crippen LogP contribution in [0.4, 0.5) is 4.39 Å². The average molecular weight is 310 g/mol. The second kappa shape index (κ2) is 5.46. The number of carbonyl (C=O) groups excluding carboxylic acids is 1. The van der Waals surface area contributed by atoms with Gasteiger partial charge >= 0.3 is 5.97 Å². The molecule has 2 aromatic rings. The Morgan fingerprint density at radius 1 is 1.52 bits per heavy atom. The number of aromatic amines is 1. The number of rotatable bonds is 2. The summed E-state index contributed by atoms with van der Waals surface area (Å²) >= 11 is 5.84. The molecular weight excluding hydrogens is 297 g/mol. The van der Waals surface area contributed by atoms with Crippen LogP contribution in [0.25, 0.3) is 0 Å². The van der Waals surface area contributed by atoms with Crippen LogP contribution in [0, 0.1) is 5.82 Å². The highest BCUT2D eigenvalue weighted by atomic mass is 35.5. The van der Waals surface area contributed by atoms with Crippen LogP contribution in [0.2, 0.25) is 5.02 Å². The van der Waals surface area contributed by atoms with Gasteiger partial charge in [-0.05, 0) is 6.07 Å². The van der Waals surface area contributed by atoms with Crippen molar-refractivity contribution in [3.63, 3.8) is 0 Å². The molecule has 1 aliphatic heterocycles. The van der Waals surface area contributed by atoms with Crippen molar-refractivity contribution in [3.05, 3.63) is 52.3 Å². The largest absolute Gasteiger partial charge is 0.468 e. The van der Waals surface area contributed by atoms with Gasteiger partial charge < -0.3 is 9.72 Å². The zero-order valence-corrected chi connectivity index (χ0v) is 11.9. The highest BCUT2D eigenvalue weighted by Crippen LogP contribution is 2.32. The van der Waals surface area contributed by atoms with Crippen LogP contribution in [-0.2, 0) is 16.0 Å². The normalized spacial score (nSPS) is 20.9. The Bertz CT molecular complexity index is 689. The van der Waals surface area contributed by atoms with Crippen molar-refractivity contribution in [3.8, 4) is 0 Å². The highest BCUT2D eigenvalue weighted by Gasteiger charge is 2.35. The van der Waals surface area contributed by atoms with Gasteiger partial charge in [-0.15, -0.1) is 0 Å². The third-order valence-corrected chi connectivity index (χ3v) is 3.87. The van der Waals surface area contributed by atoms with Crippen molar-refractivity contribution in [1.82, 2.24) is 15.3 Å². The van der Waals surface area contributed by atoms with Crippen LogP contribution in [0.1, 0.15) is 23.0 Å². The van der Waals surface area contributed by atoms with Gasteiger partial charge in [-0.1, -0.05) is 23.7 Å². The summed E-state index contributed by atoms with van der Waals surface area (Å²) in [6, 6.07) is 3.65. The van der Waals surface area contributed by atoms with E-state index in [2.05, 4.69) is 15.3 Å². The number of ether oxygens (including phenoxy) is 1. The van der Waals surface area contributed by atoms with Gasteiger partial charge in [0, 0.05) is 17.7 Å². The predicted octanol–water partition coefficient (Wildman–Crippen LogP) is 1.98. The van der Waals surface area contributed by atoms with Crippen molar-refractivity contribution >= 4 is 17.6 Å². The van der Waals surface area contributed by atoms with E-state index >= 15 is 0 Å². The molecule has 21 heavy (non-hydrogen) atoms. The average Bonchev–Trinajstić information content (AvgIpc) is 2.96. The van der Waals surface area contributed by atoms with Gasteiger partial charge in [0.2, 0.25) is 0 Å². The number of hydrogen-bond acceptors (Lipinski definition) is 4. The molecule has 0 fully saturated rings. The number of aromatic nitrogens is 2. The van der Waals surface area contributed by atoms with Crippen molar-refractivity contribution in [2.45, 2.75) is 18.5 Å². The van der Waals surface area contributed by atoms with Crippen molar-refractivity contribution in [2.24, 2.45) is 0 Å². The van der Waals surface area contributed by atoms with E-state index in [4.69, 9.17) is 16.3 Å². The maximum atomic E-state index is 14.3. The second-order valence-corrected chi connectivity index (χ2v) is 5.20. The summed E-state index contributed by atoms with van der Waals surface area (Å²) in [5.74, 6) is -0.918. The minimum absolute atomic E-state index is 0.0339. The molecule has 0 bridgehead atoms. The monoisotopic (exact) mass is 309 g/mol. The molecule has 1 aromatic carbocycles. The Hall–Kier alpha value is -1.92. The van der Waals surface area contributed by atoms with Gasteiger partial charge in [-0.3, -0.25) is 10.1 Å². The molecule has 0 aliphatic carbocycles. The van der Waals surface area contributed by atoms with Crippen LogP contribution < -0.4 is 5.32 Å². The van der Waals surface area contributed by atoms with E-state index in [-0.39, 0.29) is 5.02 Å². The Morgan fingerprint density at radius 3 is 3.10 bits per heavy atom. The van der Waals surface area contributed by atoms with E-state index in [1.807, 2.05) is 0 Å². The minimum Gasteiger partial charge on any atom is -0.468 e. The molecule has 0 radical (unpaired) electrons. The first-order chi connectivity index (χ1) is 10.1. The summed E-state index contributed by atoms with van der Waals surface area (Å²) in [7, 11) is 1.32. The highest BCUT2D eigenvalue weighted by molar-refractivity contribution is 6.30. The molecule has 0 amide bonds. The fourth-order valence-electron chi connectivity index (χ4n) is 2.56. The zero-order chi connectivity index (χ0) is 15.0. The summed E-state index contributed by atoms with van der Waals surface area (Å²) in [6.07, 6.45) is 1.95. The first-order valence-corrected chi connectivity index (χ1v) is 6.79. The number of H-pyrrole nitrogens is 1. The summed E-state index contributed by atoms with van der Waals surface area (Å²) in [5.41, 5.74) is 1.80. The van der Waals surface area contributed by atoms with Crippen LogP contribution in [0.5, 0.6) is 0 Å². The van der Waals surface area contributed by atoms with Gasteiger partial charge in [-0.25, -0.2) is 9.37 Å².